The summed E-state index contributed by atoms with van der Waals surface area (Å²) in [6.07, 6.45) is 1.31. The Morgan fingerprint density at radius 3 is 2.82 bits per heavy atom. The van der Waals surface area contributed by atoms with Gasteiger partial charge in [0, 0.05) is 5.75 Å². The maximum atomic E-state index is 9.22. The van der Waals surface area contributed by atoms with Crippen molar-refractivity contribution in [3.63, 3.8) is 0 Å². The molecular formula is C12H15N3OS. The molecule has 5 heteroatoms. The largest absolute Gasteiger partial charge is 0.391 e. The van der Waals surface area contributed by atoms with E-state index < -0.39 is 6.10 Å². The van der Waals surface area contributed by atoms with Crippen LogP contribution in [0.4, 0.5) is 0 Å². The summed E-state index contributed by atoms with van der Waals surface area (Å²) in [5.41, 5.74) is 1.27. The fourth-order valence-corrected chi connectivity index (χ4v) is 2.18. The topological polar surface area (TPSA) is 50.9 Å². The number of hydrogen-bond donors (Lipinski definition) is 1. The van der Waals surface area contributed by atoms with Gasteiger partial charge < -0.3 is 5.11 Å². The highest BCUT2D eigenvalue weighted by molar-refractivity contribution is 7.98. The molecule has 0 saturated carbocycles. The van der Waals surface area contributed by atoms with Crippen molar-refractivity contribution in [2.24, 2.45) is 0 Å². The van der Waals surface area contributed by atoms with Crippen LogP contribution in [-0.4, -0.2) is 26.2 Å². The number of aliphatic hydroxyl groups is 1. The van der Waals surface area contributed by atoms with Gasteiger partial charge >= 0.3 is 0 Å². The molecule has 0 saturated heterocycles. The molecular weight excluding hydrogens is 234 g/mol. The zero-order valence-corrected chi connectivity index (χ0v) is 10.5. The van der Waals surface area contributed by atoms with Crippen molar-refractivity contribution in [2.75, 3.05) is 0 Å². The quantitative estimate of drug-likeness (QED) is 0.823. The monoisotopic (exact) mass is 249 g/mol. The first-order valence-corrected chi connectivity index (χ1v) is 6.47. The molecule has 1 N–H and O–H groups in total. The Balaban J connectivity index is 1.89. The van der Waals surface area contributed by atoms with Gasteiger partial charge in [-0.1, -0.05) is 42.1 Å². The predicted octanol–water partition coefficient (Wildman–Crippen LogP) is 1.95. The number of aliphatic hydroxyl groups excluding tert-OH is 1. The van der Waals surface area contributed by atoms with Crippen LogP contribution >= 0.6 is 11.8 Å². The lowest BCUT2D eigenvalue weighted by Crippen LogP contribution is -2.14. The first kappa shape index (κ1) is 12.1. The number of aromatic nitrogens is 3. The van der Waals surface area contributed by atoms with Crippen molar-refractivity contribution in [3.8, 4) is 0 Å². The molecule has 0 bridgehead atoms. The van der Waals surface area contributed by atoms with Gasteiger partial charge in [-0.15, -0.1) is 5.10 Å². The molecule has 17 heavy (non-hydrogen) atoms. The van der Waals surface area contributed by atoms with Gasteiger partial charge in [-0.25, -0.2) is 0 Å². The first-order valence-electron chi connectivity index (χ1n) is 5.49. The molecule has 1 heterocycles. The molecule has 0 aliphatic heterocycles. The molecule has 2 rings (SSSR count). The third-order valence-electron chi connectivity index (χ3n) is 2.17. The third-order valence-corrected chi connectivity index (χ3v) is 3.13. The minimum Gasteiger partial charge on any atom is -0.391 e. The number of thioether (sulfide) groups is 1. The van der Waals surface area contributed by atoms with E-state index in [9.17, 15) is 5.11 Å². The third kappa shape index (κ3) is 3.87. The summed E-state index contributed by atoms with van der Waals surface area (Å²) in [6, 6.07) is 10.2. The smallest absolute Gasteiger partial charge is 0.139 e. The highest BCUT2D eigenvalue weighted by atomic mass is 32.2. The highest BCUT2D eigenvalue weighted by Gasteiger charge is 2.04. The van der Waals surface area contributed by atoms with Gasteiger partial charge in [0.15, 0.2) is 0 Å². The molecule has 2 aromatic rings. The van der Waals surface area contributed by atoms with Crippen LogP contribution in [0.15, 0.2) is 41.6 Å². The Morgan fingerprint density at radius 2 is 2.12 bits per heavy atom. The molecule has 90 valence electrons. The first-order chi connectivity index (χ1) is 8.24. The summed E-state index contributed by atoms with van der Waals surface area (Å²) in [7, 11) is 0. The molecule has 1 atom stereocenters. The van der Waals surface area contributed by atoms with Crippen molar-refractivity contribution in [1.29, 1.82) is 0 Å². The Hall–Kier alpha value is -1.33. The molecule has 0 aliphatic rings. The van der Waals surface area contributed by atoms with E-state index in [2.05, 4.69) is 22.3 Å². The van der Waals surface area contributed by atoms with E-state index in [1.807, 2.05) is 18.2 Å². The number of hydrogen-bond acceptors (Lipinski definition) is 4. The van der Waals surface area contributed by atoms with Crippen LogP contribution in [0, 0.1) is 0 Å². The molecule has 0 unspecified atom stereocenters. The van der Waals surface area contributed by atoms with Crippen molar-refractivity contribution >= 4 is 11.8 Å². The maximum absolute atomic E-state index is 9.22. The van der Waals surface area contributed by atoms with E-state index in [1.165, 1.54) is 10.4 Å². The number of nitrogens with zero attached hydrogens (tertiary/aromatic N) is 3. The maximum Gasteiger partial charge on any atom is 0.139 e. The summed E-state index contributed by atoms with van der Waals surface area (Å²) in [5, 5.41) is 18.5. The van der Waals surface area contributed by atoms with Crippen molar-refractivity contribution < 1.29 is 5.11 Å². The van der Waals surface area contributed by atoms with E-state index in [-0.39, 0.29) is 0 Å². The zero-order chi connectivity index (χ0) is 12.1. The SMILES string of the molecule is C[C@@H](O)Cn1ncc(SCc2ccccc2)n1. The lowest BCUT2D eigenvalue weighted by atomic mass is 10.2. The summed E-state index contributed by atoms with van der Waals surface area (Å²) >= 11 is 1.65. The van der Waals surface area contributed by atoms with Gasteiger partial charge in [0.2, 0.25) is 0 Å². The van der Waals surface area contributed by atoms with E-state index in [4.69, 9.17) is 0 Å². The minimum atomic E-state index is -0.422. The molecule has 0 amide bonds. The molecule has 1 aromatic heterocycles. The van der Waals surface area contributed by atoms with Gasteiger partial charge in [0.25, 0.3) is 0 Å². The van der Waals surface area contributed by atoms with Crippen LogP contribution in [-0.2, 0) is 12.3 Å². The summed E-state index contributed by atoms with van der Waals surface area (Å²) < 4.78 is 0. The van der Waals surface area contributed by atoms with Gasteiger partial charge in [0.1, 0.15) is 5.03 Å². The average Bonchev–Trinajstić information content (AvgIpc) is 2.75. The zero-order valence-electron chi connectivity index (χ0n) is 9.65. The normalized spacial score (nSPS) is 12.6. The minimum absolute atomic E-state index is 0.422. The molecule has 1 aromatic carbocycles. The predicted molar refractivity (Wildman–Crippen MR) is 67.7 cm³/mol. The Labute approximate surface area is 105 Å². The fourth-order valence-electron chi connectivity index (χ4n) is 1.40. The Bertz CT molecular complexity index is 456. The number of benzene rings is 1. The van der Waals surface area contributed by atoms with E-state index in [0.29, 0.717) is 6.54 Å². The molecule has 0 radical (unpaired) electrons. The molecule has 4 nitrogen and oxygen atoms in total. The second-order valence-electron chi connectivity index (χ2n) is 3.86. The van der Waals surface area contributed by atoms with Crippen LogP contribution in [0.3, 0.4) is 0 Å². The lowest BCUT2D eigenvalue weighted by Gasteiger charge is -2.01. The standard InChI is InChI=1S/C12H15N3OS/c1-10(16)8-15-13-7-12(14-15)17-9-11-5-3-2-4-6-11/h2-7,10,16H,8-9H2,1H3/t10-/m1/s1. The Kier molecular flexibility index (Phi) is 4.17. The molecule has 0 aliphatic carbocycles. The van der Waals surface area contributed by atoms with Gasteiger partial charge in [-0.2, -0.15) is 9.90 Å². The van der Waals surface area contributed by atoms with E-state index in [1.54, 1.807) is 24.9 Å². The van der Waals surface area contributed by atoms with Gasteiger partial charge in [0.05, 0.1) is 18.8 Å². The van der Waals surface area contributed by atoms with Crippen LogP contribution in [0.1, 0.15) is 12.5 Å². The lowest BCUT2D eigenvalue weighted by molar-refractivity contribution is 0.161. The second-order valence-corrected chi connectivity index (χ2v) is 4.86. The van der Waals surface area contributed by atoms with Crippen molar-refractivity contribution in [3.05, 3.63) is 42.1 Å². The Morgan fingerprint density at radius 1 is 1.35 bits per heavy atom. The molecule has 0 fully saturated rings. The summed E-state index contributed by atoms with van der Waals surface area (Å²) in [5.74, 6) is 0.883. The van der Waals surface area contributed by atoms with Gasteiger partial charge in [-0.3, -0.25) is 0 Å². The van der Waals surface area contributed by atoms with Crippen molar-refractivity contribution in [2.45, 2.75) is 30.4 Å². The van der Waals surface area contributed by atoms with E-state index >= 15 is 0 Å². The van der Waals surface area contributed by atoms with Crippen LogP contribution in [0.5, 0.6) is 0 Å². The van der Waals surface area contributed by atoms with Crippen LogP contribution in [0.2, 0.25) is 0 Å². The molecule has 0 spiro atoms. The fraction of sp³-hybridized carbons (Fsp3) is 0.333. The van der Waals surface area contributed by atoms with Crippen LogP contribution < -0.4 is 0 Å². The summed E-state index contributed by atoms with van der Waals surface area (Å²) in [4.78, 5) is 1.53. The number of rotatable bonds is 5. The second kappa shape index (κ2) is 5.84. The van der Waals surface area contributed by atoms with Crippen molar-refractivity contribution in [1.82, 2.24) is 15.0 Å². The summed E-state index contributed by atoms with van der Waals surface area (Å²) in [6.45, 7) is 2.16. The van der Waals surface area contributed by atoms with E-state index in [0.717, 1.165) is 10.8 Å². The average molecular weight is 249 g/mol. The van der Waals surface area contributed by atoms with Crippen LogP contribution in [0.25, 0.3) is 0 Å². The highest BCUT2D eigenvalue weighted by Crippen LogP contribution is 2.19. The van der Waals surface area contributed by atoms with Gasteiger partial charge in [-0.05, 0) is 12.5 Å².